The van der Waals surface area contributed by atoms with E-state index < -0.39 is 14.5 Å². The topological polar surface area (TPSA) is 18.5 Å². The van der Waals surface area contributed by atoms with Gasteiger partial charge in [-0.25, -0.2) is 0 Å². The van der Waals surface area contributed by atoms with E-state index in [-0.39, 0.29) is 0 Å². The standard InChI is InChI=1S/C16H18O2Se2.2BF4/c1-3-17-13-9-11-14(12-10-13)19-20-16-8-6-5-7-15(16)18-4-2;2*2-1(3,4)5/h5-12H,3-4H2,1-2H3;;/q;2*-1. The number of hydrogen-bond acceptors (Lipinski definition) is 2. The number of halogens is 8. The summed E-state index contributed by atoms with van der Waals surface area (Å²) in [7, 11) is -12.0. The first-order valence-electron chi connectivity index (χ1n) is 8.37. The fourth-order valence-corrected chi connectivity index (χ4v) is 8.01. The van der Waals surface area contributed by atoms with Crippen molar-refractivity contribution in [3.05, 3.63) is 48.5 Å². The van der Waals surface area contributed by atoms with Gasteiger partial charge in [0.2, 0.25) is 0 Å². The molecule has 0 amide bonds. The molecule has 2 nitrogen and oxygen atoms in total. The van der Waals surface area contributed by atoms with E-state index >= 15 is 0 Å². The minimum Gasteiger partial charge on any atom is -0.418 e. The van der Waals surface area contributed by atoms with Crippen molar-refractivity contribution in [3.8, 4) is 11.5 Å². The molecular weight excluding hydrogens is 556 g/mol. The molecule has 2 aromatic rings. The molecule has 0 atom stereocenters. The van der Waals surface area contributed by atoms with E-state index in [1.807, 2.05) is 19.9 Å². The van der Waals surface area contributed by atoms with Crippen LogP contribution >= 0.6 is 0 Å². The Bertz CT molecular complexity index is 692. The average molecular weight is 574 g/mol. The van der Waals surface area contributed by atoms with Crippen molar-refractivity contribution in [1.82, 2.24) is 0 Å². The van der Waals surface area contributed by atoms with Crippen molar-refractivity contribution in [2.75, 3.05) is 13.2 Å². The fourth-order valence-electron chi connectivity index (χ4n) is 1.64. The molecule has 30 heavy (non-hydrogen) atoms. The van der Waals surface area contributed by atoms with E-state index in [2.05, 4.69) is 42.5 Å². The summed E-state index contributed by atoms with van der Waals surface area (Å²) in [6, 6.07) is 16.8. The second-order valence-corrected chi connectivity index (χ2v) is 11.2. The third-order valence-electron chi connectivity index (χ3n) is 2.51. The molecule has 0 saturated heterocycles. The van der Waals surface area contributed by atoms with Crippen molar-refractivity contribution in [3.63, 3.8) is 0 Å². The van der Waals surface area contributed by atoms with Gasteiger partial charge in [-0.3, -0.25) is 0 Å². The van der Waals surface area contributed by atoms with Crippen molar-refractivity contribution < 1.29 is 44.0 Å². The maximum atomic E-state index is 9.75. The molecule has 0 saturated carbocycles. The number of ether oxygens (including phenoxy) is 2. The summed E-state index contributed by atoms with van der Waals surface area (Å²) in [5.74, 6) is 2.00. The van der Waals surface area contributed by atoms with Gasteiger partial charge in [0.15, 0.2) is 0 Å². The van der Waals surface area contributed by atoms with Crippen LogP contribution in [-0.2, 0) is 0 Å². The van der Waals surface area contributed by atoms with Crippen LogP contribution in [-0.4, -0.2) is 54.0 Å². The van der Waals surface area contributed by atoms with Gasteiger partial charge in [0, 0.05) is 0 Å². The Morgan fingerprint density at radius 1 is 0.667 bits per heavy atom. The van der Waals surface area contributed by atoms with Gasteiger partial charge in [-0.2, -0.15) is 0 Å². The Morgan fingerprint density at radius 2 is 1.13 bits per heavy atom. The largest absolute Gasteiger partial charge is 0.673 e. The van der Waals surface area contributed by atoms with Crippen LogP contribution in [0.15, 0.2) is 48.5 Å². The van der Waals surface area contributed by atoms with Gasteiger partial charge >= 0.3 is 146 Å². The third-order valence-corrected chi connectivity index (χ3v) is 9.71. The van der Waals surface area contributed by atoms with Gasteiger partial charge in [-0.15, -0.1) is 0 Å². The zero-order valence-corrected chi connectivity index (χ0v) is 19.3. The number of rotatable bonds is 7. The number of para-hydroxylation sites is 1. The predicted molar refractivity (Wildman–Crippen MR) is 106 cm³/mol. The van der Waals surface area contributed by atoms with Crippen LogP contribution in [0.1, 0.15) is 13.8 Å². The zero-order valence-electron chi connectivity index (χ0n) is 15.8. The third kappa shape index (κ3) is 18.7. The van der Waals surface area contributed by atoms with Crippen molar-refractivity contribution in [1.29, 1.82) is 0 Å². The van der Waals surface area contributed by atoms with E-state index in [4.69, 9.17) is 9.47 Å². The minimum absolute atomic E-state index is 0.450. The quantitative estimate of drug-likeness (QED) is 0.362. The first-order valence-corrected chi connectivity index (χ1v) is 14.4. The summed E-state index contributed by atoms with van der Waals surface area (Å²) in [5.41, 5.74) is 0. The molecule has 0 aliphatic rings. The molecule has 0 bridgehead atoms. The zero-order chi connectivity index (χ0) is 23.2. The van der Waals surface area contributed by atoms with Gasteiger partial charge in [-0.05, 0) is 0 Å². The second kappa shape index (κ2) is 14.6. The maximum absolute atomic E-state index is 9.75. The number of hydrogen-bond donors (Lipinski definition) is 0. The van der Waals surface area contributed by atoms with Crippen LogP contribution in [0.5, 0.6) is 11.5 Å². The van der Waals surface area contributed by atoms with Gasteiger partial charge in [0.1, 0.15) is 0 Å². The van der Waals surface area contributed by atoms with Crippen LogP contribution in [0.3, 0.4) is 0 Å². The van der Waals surface area contributed by atoms with Crippen LogP contribution in [0, 0.1) is 0 Å². The van der Waals surface area contributed by atoms with Crippen molar-refractivity contribution in [2.45, 2.75) is 13.8 Å². The van der Waals surface area contributed by atoms with Crippen LogP contribution in [0.4, 0.5) is 34.5 Å². The van der Waals surface area contributed by atoms with E-state index in [0.29, 0.717) is 26.3 Å². The van der Waals surface area contributed by atoms with Crippen molar-refractivity contribution in [2.24, 2.45) is 0 Å². The monoisotopic (exact) mass is 576 g/mol. The minimum atomic E-state index is -6.00. The molecule has 2 rings (SSSR count). The van der Waals surface area contributed by atoms with Gasteiger partial charge in [-0.1, -0.05) is 0 Å². The molecular formula is C16H18B2F8O2Se2-2. The molecule has 0 aliphatic carbocycles. The average Bonchev–Trinajstić information content (AvgIpc) is 2.60. The Balaban J connectivity index is 0.000000702. The molecule has 0 spiro atoms. The summed E-state index contributed by atoms with van der Waals surface area (Å²) < 4.78 is 91.9. The van der Waals surface area contributed by atoms with E-state index in [1.165, 1.54) is 8.92 Å². The van der Waals surface area contributed by atoms with Crippen molar-refractivity contribution >= 4 is 49.7 Å². The molecule has 0 aromatic heterocycles. The van der Waals surface area contributed by atoms with E-state index in [0.717, 1.165) is 24.7 Å². The predicted octanol–water partition coefficient (Wildman–Crippen LogP) is 4.36. The normalized spacial score (nSPS) is 10.9. The molecule has 170 valence electrons. The van der Waals surface area contributed by atoms with E-state index in [9.17, 15) is 34.5 Å². The summed E-state index contributed by atoms with van der Waals surface area (Å²) >= 11 is 0.927. The maximum Gasteiger partial charge on any atom is 0.673 e. The molecule has 0 aliphatic heterocycles. The first kappa shape index (κ1) is 28.6. The molecule has 0 unspecified atom stereocenters. The fraction of sp³-hybridized carbons (Fsp3) is 0.250. The van der Waals surface area contributed by atoms with E-state index in [1.54, 1.807) is 0 Å². The van der Waals surface area contributed by atoms with Crippen LogP contribution in [0.2, 0.25) is 0 Å². The van der Waals surface area contributed by atoms with Gasteiger partial charge < -0.3 is 34.5 Å². The van der Waals surface area contributed by atoms with Crippen LogP contribution in [0.25, 0.3) is 0 Å². The molecule has 0 radical (unpaired) electrons. The molecule has 0 heterocycles. The molecule has 2 aromatic carbocycles. The van der Waals surface area contributed by atoms with Crippen LogP contribution < -0.4 is 18.4 Å². The molecule has 0 fully saturated rings. The smallest absolute Gasteiger partial charge is 0.418 e. The Morgan fingerprint density at radius 3 is 1.60 bits per heavy atom. The molecule has 14 heteroatoms. The second-order valence-electron chi connectivity index (χ2n) is 4.94. The SMILES string of the molecule is CCOc1ccc([Se][Se]c2ccccc2OCC)cc1.F[B-](F)(F)F.F[B-](F)(F)F. The number of benzene rings is 2. The summed E-state index contributed by atoms with van der Waals surface area (Å²) in [4.78, 5) is 0. The first-order chi connectivity index (χ1) is 13.8. The van der Waals surface area contributed by atoms with Gasteiger partial charge in [0.25, 0.3) is 0 Å². The summed E-state index contributed by atoms with van der Waals surface area (Å²) in [5, 5.41) is 0. The molecule has 0 N–H and O–H groups in total. The Kier molecular flexibility index (Phi) is 14.0. The Labute approximate surface area is 180 Å². The summed E-state index contributed by atoms with van der Waals surface area (Å²) in [6.45, 7) is 5.48. The Hall–Kier alpha value is -1.35. The summed E-state index contributed by atoms with van der Waals surface area (Å²) in [6.07, 6.45) is 0. The van der Waals surface area contributed by atoms with Gasteiger partial charge in [0.05, 0.1) is 0 Å².